The smallest absolute Gasteiger partial charge is 0.336 e. The first kappa shape index (κ1) is 28.3. The van der Waals surface area contributed by atoms with Crippen molar-refractivity contribution in [3.8, 4) is 0 Å². The molecule has 0 saturated carbocycles. The molecule has 0 aromatic rings. The molecule has 0 rings (SSSR count). The van der Waals surface area contributed by atoms with Crippen molar-refractivity contribution >= 4 is 25.5 Å². The van der Waals surface area contributed by atoms with E-state index in [2.05, 4.69) is 0 Å². The van der Waals surface area contributed by atoms with E-state index in [9.17, 15) is 18.9 Å². The molecule has 0 heterocycles. The molecular formula is C20H35O9P. The highest BCUT2D eigenvalue weighted by Gasteiger charge is 2.29. The molecule has 0 fully saturated rings. The first-order chi connectivity index (χ1) is 13.6. The van der Waals surface area contributed by atoms with Gasteiger partial charge in [0.05, 0.1) is 17.0 Å². The lowest BCUT2D eigenvalue weighted by molar-refractivity contribution is -0.162. The number of rotatable bonds is 11. The number of hydrogen-bond donors (Lipinski definition) is 0. The summed E-state index contributed by atoms with van der Waals surface area (Å²) in [5.74, 6) is -1.45. The topological polar surface area (TPSA) is 114 Å². The number of allylic oxidation sites excluding steroid dienone is 1. The van der Waals surface area contributed by atoms with E-state index in [0.717, 1.165) is 5.57 Å². The van der Waals surface area contributed by atoms with E-state index in [1.807, 2.05) is 0 Å². The Morgan fingerprint density at radius 1 is 0.800 bits per heavy atom. The highest BCUT2D eigenvalue weighted by atomic mass is 31.2. The molecule has 9 nitrogen and oxygen atoms in total. The summed E-state index contributed by atoms with van der Waals surface area (Å²) in [5, 5.41) is 0. The lowest BCUT2D eigenvalue weighted by Crippen LogP contribution is -2.25. The third-order valence-electron chi connectivity index (χ3n) is 3.50. The third-order valence-corrected chi connectivity index (χ3v) is 5.31. The van der Waals surface area contributed by atoms with Gasteiger partial charge >= 0.3 is 25.5 Å². The molecule has 0 radical (unpaired) electrons. The first-order valence-electron chi connectivity index (χ1n) is 9.58. The van der Waals surface area contributed by atoms with Gasteiger partial charge in [-0.15, -0.1) is 0 Å². The monoisotopic (exact) mass is 450 g/mol. The molecule has 30 heavy (non-hydrogen) atoms. The summed E-state index contributed by atoms with van der Waals surface area (Å²) in [4.78, 5) is 34.5. The zero-order chi connectivity index (χ0) is 23.6. The quantitative estimate of drug-likeness (QED) is 0.150. The van der Waals surface area contributed by atoms with Crippen LogP contribution in [0.2, 0.25) is 0 Å². The second-order valence-corrected chi connectivity index (χ2v) is 11.0. The zero-order valence-corrected chi connectivity index (χ0v) is 20.1. The summed E-state index contributed by atoms with van der Waals surface area (Å²) < 4.78 is 38.3. The van der Waals surface area contributed by atoms with Crippen LogP contribution in [0, 0.1) is 10.8 Å². The molecule has 174 valence electrons. The van der Waals surface area contributed by atoms with Crippen LogP contribution in [0.4, 0.5) is 0 Å². The maximum absolute atomic E-state index is 13.0. The molecular weight excluding hydrogens is 415 g/mol. The maximum Gasteiger partial charge on any atom is 0.336 e. The van der Waals surface area contributed by atoms with Crippen LogP contribution in [0.5, 0.6) is 0 Å². The average Bonchev–Trinajstić information content (AvgIpc) is 2.58. The van der Waals surface area contributed by atoms with Gasteiger partial charge in [-0.2, -0.15) is 0 Å². The summed E-state index contributed by atoms with van der Waals surface area (Å²) in [6.45, 7) is 12.1. The molecule has 0 spiro atoms. The molecule has 0 aromatic carbocycles. The van der Waals surface area contributed by atoms with Crippen LogP contribution in [-0.4, -0.2) is 44.3 Å². The van der Waals surface area contributed by atoms with Gasteiger partial charge in [0.25, 0.3) is 0 Å². The maximum atomic E-state index is 13.0. The average molecular weight is 450 g/mol. The molecule has 0 aliphatic carbocycles. The van der Waals surface area contributed by atoms with Gasteiger partial charge in [-0.1, -0.05) is 6.08 Å². The number of carbonyl (C=O) groups excluding carboxylic acids is 3. The Morgan fingerprint density at radius 2 is 1.23 bits per heavy atom. The Bertz CT molecular complexity index is 633. The van der Waals surface area contributed by atoms with Crippen molar-refractivity contribution in [2.45, 2.75) is 61.8 Å². The predicted octanol–water partition coefficient (Wildman–Crippen LogP) is 4.21. The van der Waals surface area contributed by atoms with Gasteiger partial charge in [0.1, 0.15) is 6.61 Å². The van der Waals surface area contributed by atoms with Gasteiger partial charge in [0.15, 0.2) is 0 Å². The molecule has 0 N–H and O–H groups in total. The molecule has 0 atom stereocenters. The fourth-order valence-electron chi connectivity index (χ4n) is 1.66. The third kappa shape index (κ3) is 12.8. The molecule has 0 bridgehead atoms. The lowest BCUT2D eigenvalue weighted by Gasteiger charge is -2.21. The largest absolute Gasteiger partial charge is 0.461 e. The normalized spacial score (nSPS) is 13.0. The summed E-state index contributed by atoms with van der Waals surface area (Å²) in [7, 11) is -3.74. The highest BCUT2D eigenvalue weighted by Crippen LogP contribution is 2.49. The SMILES string of the molecule is CC(=O)OC/C(C)=C/CCP(=O)(OCOC(=O)C(C)(C)C)OCOC(=O)C(C)(C)C. The van der Waals surface area contributed by atoms with Crippen LogP contribution < -0.4 is 0 Å². The second-order valence-electron chi connectivity index (χ2n) is 8.81. The van der Waals surface area contributed by atoms with Gasteiger partial charge in [-0.25, -0.2) is 0 Å². The Morgan fingerprint density at radius 3 is 1.60 bits per heavy atom. The van der Waals surface area contributed by atoms with Crippen molar-refractivity contribution < 1.29 is 42.2 Å². The zero-order valence-electron chi connectivity index (χ0n) is 19.2. The summed E-state index contributed by atoms with van der Waals surface area (Å²) >= 11 is 0. The van der Waals surface area contributed by atoms with Crippen LogP contribution in [-0.2, 0) is 42.2 Å². The molecule has 0 unspecified atom stereocenters. The summed E-state index contributed by atoms with van der Waals surface area (Å²) in [5.41, 5.74) is -0.727. The van der Waals surface area contributed by atoms with Crippen molar-refractivity contribution in [2.24, 2.45) is 10.8 Å². The van der Waals surface area contributed by atoms with Crippen LogP contribution in [0.15, 0.2) is 11.6 Å². The molecule has 0 aromatic heterocycles. The van der Waals surface area contributed by atoms with Crippen molar-refractivity contribution in [1.82, 2.24) is 0 Å². The first-order valence-corrected chi connectivity index (χ1v) is 11.3. The lowest BCUT2D eigenvalue weighted by atomic mass is 9.98. The van der Waals surface area contributed by atoms with Crippen LogP contribution in [0.1, 0.15) is 61.8 Å². The standard InChI is InChI=1S/C20H35O9P/c1-15(12-25-16(2)21)10-9-11-30(24,28-13-26-17(22)19(3,4)5)29-14-27-18(23)20(6,7)8/h10H,9,11-14H2,1-8H3/b15-10+. The Labute approximate surface area is 178 Å². The van der Waals surface area contributed by atoms with E-state index in [0.29, 0.717) is 0 Å². The molecule has 0 aliphatic rings. The van der Waals surface area contributed by atoms with Gasteiger partial charge in [-0.05, 0) is 60.5 Å². The van der Waals surface area contributed by atoms with Gasteiger partial charge in [-0.3, -0.25) is 28.0 Å². The van der Waals surface area contributed by atoms with E-state index in [1.54, 1.807) is 54.5 Å². The molecule has 10 heteroatoms. The molecule has 0 aliphatic heterocycles. The number of esters is 3. The minimum absolute atomic E-state index is 0.0510. The van der Waals surface area contributed by atoms with Crippen LogP contribution in [0.3, 0.4) is 0 Å². The van der Waals surface area contributed by atoms with Gasteiger partial charge < -0.3 is 14.2 Å². The minimum atomic E-state index is -3.74. The molecule has 0 saturated heterocycles. The van der Waals surface area contributed by atoms with Crippen molar-refractivity contribution in [3.05, 3.63) is 11.6 Å². The van der Waals surface area contributed by atoms with E-state index in [1.165, 1.54) is 6.92 Å². The Kier molecular flexibility index (Phi) is 11.5. The highest BCUT2D eigenvalue weighted by molar-refractivity contribution is 7.53. The Balaban J connectivity index is 4.91. The van der Waals surface area contributed by atoms with E-state index in [4.69, 9.17) is 23.3 Å². The molecule has 0 amide bonds. The van der Waals surface area contributed by atoms with E-state index in [-0.39, 0.29) is 19.2 Å². The fourth-order valence-corrected chi connectivity index (χ4v) is 2.87. The van der Waals surface area contributed by atoms with Crippen molar-refractivity contribution in [2.75, 3.05) is 26.4 Å². The Hall–Kier alpha value is -1.70. The van der Waals surface area contributed by atoms with E-state index < -0.39 is 49.9 Å². The number of ether oxygens (including phenoxy) is 3. The van der Waals surface area contributed by atoms with Gasteiger partial charge in [0, 0.05) is 6.92 Å². The second kappa shape index (κ2) is 12.2. The van der Waals surface area contributed by atoms with Gasteiger partial charge in [0.2, 0.25) is 13.6 Å². The van der Waals surface area contributed by atoms with Crippen molar-refractivity contribution in [1.29, 1.82) is 0 Å². The summed E-state index contributed by atoms with van der Waals surface area (Å²) in [6.07, 6.45) is 1.96. The van der Waals surface area contributed by atoms with E-state index >= 15 is 0 Å². The van der Waals surface area contributed by atoms with Crippen molar-refractivity contribution in [3.63, 3.8) is 0 Å². The summed E-state index contributed by atoms with van der Waals surface area (Å²) in [6, 6.07) is 0. The minimum Gasteiger partial charge on any atom is -0.461 e. The number of carbonyl (C=O) groups is 3. The van der Waals surface area contributed by atoms with Crippen LogP contribution >= 0.6 is 7.60 Å². The number of hydrogen-bond acceptors (Lipinski definition) is 9. The predicted molar refractivity (Wildman–Crippen MR) is 110 cm³/mol. The fraction of sp³-hybridized carbons (Fsp3) is 0.750. The van der Waals surface area contributed by atoms with Crippen LogP contribution in [0.25, 0.3) is 0 Å².